The molecule has 1 atom stereocenters. The predicted octanol–water partition coefficient (Wildman–Crippen LogP) is 1.09. The Morgan fingerprint density at radius 1 is 1.59 bits per heavy atom. The highest BCUT2D eigenvalue weighted by Crippen LogP contribution is 2.07. The number of carbonyl (C=O) groups excluding carboxylic acids is 1. The van der Waals surface area contributed by atoms with E-state index >= 15 is 0 Å². The van der Waals surface area contributed by atoms with Crippen molar-refractivity contribution in [3.05, 3.63) is 29.8 Å². The lowest BCUT2D eigenvalue weighted by Gasteiger charge is -2.10. The fraction of sp³-hybridized carbons (Fsp3) is 0.500. The zero-order valence-corrected chi connectivity index (χ0v) is 9.58. The van der Waals surface area contributed by atoms with Crippen molar-refractivity contribution in [2.24, 2.45) is 0 Å². The second-order valence-corrected chi connectivity index (χ2v) is 4.23. The molecule has 0 spiro atoms. The van der Waals surface area contributed by atoms with E-state index in [1.165, 1.54) is 18.7 Å². The minimum atomic E-state index is -0.491. The molecule has 0 aromatic carbocycles. The third kappa shape index (κ3) is 3.49. The summed E-state index contributed by atoms with van der Waals surface area (Å²) < 4.78 is 12.8. The topological polar surface area (TPSA) is 54.0 Å². The van der Waals surface area contributed by atoms with E-state index in [1.807, 2.05) is 0 Å². The van der Waals surface area contributed by atoms with E-state index in [1.54, 1.807) is 0 Å². The third-order valence-electron chi connectivity index (χ3n) is 2.91. The van der Waals surface area contributed by atoms with Crippen molar-refractivity contribution < 1.29 is 9.18 Å². The van der Waals surface area contributed by atoms with E-state index in [0.29, 0.717) is 12.6 Å². The lowest BCUT2D eigenvalue weighted by molar-refractivity contribution is 0.0951. The molecule has 1 unspecified atom stereocenters. The first kappa shape index (κ1) is 12.0. The molecule has 0 radical (unpaired) electrons. The molecule has 1 fully saturated rings. The minimum Gasteiger partial charge on any atom is -0.352 e. The fourth-order valence-corrected chi connectivity index (χ4v) is 2.00. The largest absolute Gasteiger partial charge is 0.352 e. The van der Waals surface area contributed by atoms with E-state index < -0.39 is 5.82 Å². The van der Waals surface area contributed by atoms with Gasteiger partial charge in [0.1, 0.15) is 5.82 Å². The van der Waals surface area contributed by atoms with Crippen molar-refractivity contribution in [2.75, 3.05) is 13.1 Å². The van der Waals surface area contributed by atoms with Crippen molar-refractivity contribution in [3.8, 4) is 0 Å². The SMILES string of the molecule is O=C(NCCC1CCCN1)c1cncc(F)c1. The Kier molecular flexibility index (Phi) is 4.03. The summed E-state index contributed by atoms with van der Waals surface area (Å²) >= 11 is 0. The van der Waals surface area contributed by atoms with Crippen LogP contribution < -0.4 is 10.6 Å². The van der Waals surface area contributed by atoms with Crippen molar-refractivity contribution in [1.82, 2.24) is 15.6 Å². The fourth-order valence-electron chi connectivity index (χ4n) is 2.00. The molecular formula is C12H16FN3O. The molecule has 1 saturated heterocycles. The normalized spacial score (nSPS) is 19.2. The number of nitrogens with zero attached hydrogens (tertiary/aromatic N) is 1. The molecular weight excluding hydrogens is 221 g/mol. The number of rotatable bonds is 4. The molecule has 1 aliphatic rings. The van der Waals surface area contributed by atoms with E-state index in [0.717, 1.165) is 25.6 Å². The van der Waals surface area contributed by atoms with Gasteiger partial charge in [-0.1, -0.05) is 0 Å². The van der Waals surface area contributed by atoms with Gasteiger partial charge < -0.3 is 10.6 Å². The minimum absolute atomic E-state index is 0.268. The number of nitrogens with one attached hydrogen (secondary N) is 2. The van der Waals surface area contributed by atoms with Crippen LogP contribution in [0.15, 0.2) is 18.5 Å². The highest BCUT2D eigenvalue weighted by atomic mass is 19.1. The van der Waals surface area contributed by atoms with Crippen LogP contribution >= 0.6 is 0 Å². The molecule has 4 nitrogen and oxygen atoms in total. The zero-order chi connectivity index (χ0) is 12.1. The average Bonchev–Trinajstić information content (AvgIpc) is 2.82. The summed E-state index contributed by atoms with van der Waals surface area (Å²) in [5.41, 5.74) is 0.268. The molecule has 0 bridgehead atoms. The summed E-state index contributed by atoms with van der Waals surface area (Å²) in [7, 11) is 0. The van der Waals surface area contributed by atoms with E-state index in [4.69, 9.17) is 0 Å². The quantitative estimate of drug-likeness (QED) is 0.824. The summed E-state index contributed by atoms with van der Waals surface area (Å²) in [5, 5.41) is 6.12. The summed E-state index contributed by atoms with van der Waals surface area (Å²) in [4.78, 5) is 15.3. The van der Waals surface area contributed by atoms with E-state index in [-0.39, 0.29) is 11.5 Å². The van der Waals surface area contributed by atoms with Gasteiger partial charge in [-0.3, -0.25) is 9.78 Å². The Morgan fingerprint density at radius 3 is 3.18 bits per heavy atom. The van der Waals surface area contributed by atoms with Crippen molar-refractivity contribution in [3.63, 3.8) is 0 Å². The molecule has 1 aliphatic heterocycles. The number of carbonyl (C=O) groups is 1. The number of hydrogen-bond acceptors (Lipinski definition) is 3. The smallest absolute Gasteiger partial charge is 0.252 e. The summed E-state index contributed by atoms with van der Waals surface area (Å²) in [6, 6.07) is 1.69. The molecule has 17 heavy (non-hydrogen) atoms. The van der Waals surface area contributed by atoms with Gasteiger partial charge in [-0.05, 0) is 31.9 Å². The maximum Gasteiger partial charge on any atom is 0.252 e. The van der Waals surface area contributed by atoms with Crippen LogP contribution in [0.1, 0.15) is 29.6 Å². The molecule has 0 aliphatic carbocycles. The Morgan fingerprint density at radius 2 is 2.47 bits per heavy atom. The average molecular weight is 237 g/mol. The molecule has 2 N–H and O–H groups in total. The number of amides is 1. The van der Waals surface area contributed by atoms with Gasteiger partial charge in [0.05, 0.1) is 11.8 Å². The van der Waals surface area contributed by atoms with Gasteiger partial charge in [0, 0.05) is 18.8 Å². The Hall–Kier alpha value is -1.49. The highest BCUT2D eigenvalue weighted by Gasteiger charge is 2.14. The first-order chi connectivity index (χ1) is 8.25. The monoisotopic (exact) mass is 237 g/mol. The summed E-state index contributed by atoms with van der Waals surface area (Å²) in [6.45, 7) is 1.67. The number of pyridine rings is 1. The number of halogens is 1. The van der Waals surface area contributed by atoms with Crippen LogP contribution in [-0.2, 0) is 0 Å². The second kappa shape index (κ2) is 5.72. The third-order valence-corrected chi connectivity index (χ3v) is 2.91. The number of aromatic nitrogens is 1. The van der Waals surface area contributed by atoms with Gasteiger partial charge in [-0.25, -0.2) is 4.39 Å². The number of hydrogen-bond donors (Lipinski definition) is 2. The molecule has 2 rings (SSSR count). The molecule has 5 heteroatoms. The molecule has 1 aromatic heterocycles. The lowest BCUT2D eigenvalue weighted by atomic mass is 10.1. The van der Waals surface area contributed by atoms with Crippen LogP contribution in [-0.4, -0.2) is 30.0 Å². The van der Waals surface area contributed by atoms with Gasteiger partial charge >= 0.3 is 0 Å². The van der Waals surface area contributed by atoms with Crippen molar-refractivity contribution in [2.45, 2.75) is 25.3 Å². The molecule has 1 amide bonds. The van der Waals surface area contributed by atoms with Gasteiger partial charge in [-0.2, -0.15) is 0 Å². The summed E-state index contributed by atoms with van der Waals surface area (Å²) in [6.07, 6.45) is 5.73. The standard InChI is InChI=1S/C12H16FN3O/c13-10-6-9(7-14-8-10)12(17)16-5-3-11-2-1-4-15-11/h6-8,11,15H,1-5H2,(H,16,17). The van der Waals surface area contributed by atoms with E-state index in [2.05, 4.69) is 15.6 Å². The van der Waals surface area contributed by atoms with Crippen LogP contribution in [0.3, 0.4) is 0 Å². The van der Waals surface area contributed by atoms with Gasteiger partial charge in [0.25, 0.3) is 5.91 Å². The molecule has 0 saturated carbocycles. The van der Waals surface area contributed by atoms with E-state index in [9.17, 15) is 9.18 Å². The highest BCUT2D eigenvalue weighted by molar-refractivity contribution is 5.93. The predicted molar refractivity (Wildman–Crippen MR) is 62.2 cm³/mol. The Labute approximate surface area is 99.6 Å². The molecule has 92 valence electrons. The second-order valence-electron chi connectivity index (χ2n) is 4.23. The molecule has 2 heterocycles. The maximum absolute atomic E-state index is 12.8. The van der Waals surface area contributed by atoms with Crippen LogP contribution in [0, 0.1) is 5.82 Å². The van der Waals surface area contributed by atoms with Gasteiger partial charge in [0.15, 0.2) is 0 Å². The molecule has 1 aromatic rings. The Bertz CT molecular complexity index is 391. The van der Waals surface area contributed by atoms with Crippen molar-refractivity contribution in [1.29, 1.82) is 0 Å². The van der Waals surface area contributed by atoms with Crippen molar-refractivity contribution >= 4 is 5.91 Å². The van der Waals surface area contributed by atoms with Gasteiger partial charge in [-0.15, -0.1) is 0 Å². The van der Waals surface area contributed by atoms with Crippen LogP contribution in [0.4, 0.5) is 4.39 Å². The van der Waals surface area contributed by atoms with Crippen LogP contribution in [0.5, 0.6) is 0 Å². The maximum atomic E-state index is 12.8. The van der Waals surface area contributed by atoms with Crippen LogP contribution in [0.25, 0.3) is 0 Å². The Balaban J connectivity index is 1.77. The first-order valence-corrected chi connectivity index (χ1v) is 5.88. The first-order valence-electron chi connectivity index (χ1n) is 5.88. The van der Waals surface area contributed by atoms with Gasteiger partial charge in [0.2, 0.25) is 0 Å². The lowest BCUT2D eigenvalue weighted by Crippen LogP contribution is -2.30. The zero-order valence-electron chi connectivity index (χ0n) is 9.58. The van der Waals surface area contributed by atoms with Crippen LogP contribution in [0.2, 0.25) is 0 Å². The summed E-state index contributed by atoms with van der Waals surface area (Å²) in [5.74, 6) is -0.759.